The van der Waals surface area contributed by atoms with Crippen LogP contribution >= 0.6 is 27.3 Å². The molecule has 0 fully saturated rings. The van der Waals surface area contributed by atoms with Gasteiger partial charge < -0.3 is 14.8 Å². The molecule has 26 heavy (non-hydrogen) atoms. The Bertz CT molecular complexity index is 907. The average molecular weight is 436 g/mol. The van der Waals surface area contributed by atoms with Crippen LogP contribution in [-0.2, 0) is 13.0 Å². The van der Waals surface area contributed by atoms with Crippen molar-refractivity contribution in [3.8, 4) is 11.5 Å². The van der Waals surface area contributed by atoms with E-state index in [9.17, 15) is 4.79 Å². The van der Waals surface area contributed by atoms with Crippen LogP contribution in [0.4, 0.5) is 5.69 Å². The van der Waals surface area contributed by atoms with E-state index >= 15 is 0 Å². The highest BCUT2D eigenvalue weighted by atomic mass is 79.9. The molecule has 0 aliphatic carbocycles. The molecule has 3 rings (SSSR count). The zero-order valence-corrected chi connectivity index (χ0v) is 16.8. The van der Waals surface area contributed by atoms with E-state index in [1.807, 2.05) is 30.5 Å². The number of nitrogens with zero attached hydrogens (tertiary/aromatic N) is 2. The van der Waals surface area contributed by atoms with Crippen molar-refractivity contribution in [2.75, 3.05) is 19.5 Å². The van der Waals surface area contributed by atoms with Crippen LogP contribution in [0.5, 0.6) is 11.5 Å². The lowest BCUT2D eigenvalue weighted by molar-refractivity contribution is 0.103. The molecule has 2 heterocycles. The topological polar surface area (TPSA) is 65.4 Å². The van der Waals surface area contributed by atoms with Gasteiger partial charge in [0.25, 0.3) is 5.91 Å². The van der Waals surface area contributed by atoms with Crippen molar-refractivity contribution in [2.45, 2.75) is 13.0 Å². The molecule has 1 N–H and O–H groups in total. The predicted octanol–water partition coefficient (Wildman–Crippen LogP) is 4.22. The van der Waals surface area contributed by atoms with Crippen LogP contribution in [0.1, 0.15) is 15.2 Å². The highest BCUT2D eigenvalue weighted by Gasteiger charge is 2.10. The molecular weight excluding hydrogens is 418 g/mol. The largest absolute Gasteiger partial charge is 0.493 e. The first kappa shape index (κ1) is 18.5. The van der Waals surface area contributed by atoms with E-state index in [1.165, 1.54) is 11.3 Å². The zero-order chi connectivity index (χ0) is 18.5. The molecule has 0 saturated heterocycles. The van der Waals surface area contributed by atoms with Gasteiger partial charge in [0.2, 0.25) is 0 Å². The number of hydrogen-bond acceptors (Lipinski definition) is 5. The summed E-state index contributed by atoms with van der Waals surface area (Å²) in [5.41, 5.74) is 1.79. The van der Waals surface area contributed by atoms with Crippen molar-refractivity contribution in [1.29, 1.82) is 0 Å². The SMILES string of the molecule is COc1ccc(CCn2cc(NC(=O)c3ccc(Br)s3)cn2)cc1OC. The second kappa shape index (κ2) is 8.37. The Kier molecular flexibility index (Phi) is 5.95. The summed E-state index contributed by atoms with van der Waals surface area (Å²) in [6, 6.07) is 9.49. The molecule has 0 aliphatic heterocycles. The standard InChI is InChI=1S/C18H18BrN3O3S/c1-24-14-4-3-12(9-15(14)25-2)7-8-22-11-13(10-20-22)21-18(23)16-5-6-17(19)26-16/h3-6,9-11H,7-8H2,1-2H3,(H,21,23). The number of rotatable bonds is 7. The summed E-state index contributed by atoms with van der Waals surface area (Å²) in [7, 11) is 3.24. The summed E-state index contributed by atoms with van der Waals surface area (Å²) >= 11 is 4.75. The molecule has 136 valence electrons. The van der Waals surface area contributed by atoms with E-state index in [0.29, 0.717) is 28.6 Å². The number of thiophene rings is 1. The number of halogens is 1. The maximum Gasteiger partial charge on any atom is 0.265 e. The Morgan fingerprint density at radius 3 is 2.73 bits per heavy atom. The monoisotopic (exact) mass is 435 g/mol. The summed E-state index contributed by atoms with van der Waals surface area (Å²) in [5.74, 6) is 1.28. The van der Waals surface area contributed by atoms with Gasteiger partial charge in [-0.1, -0.05) is 6.07 Å². The van der Waals surface area contributed by atoms with Gasteiger partial charge >= 0.3 is 0 Å². The number of anilines is 1. The van der Waals surface area contributed by atoms with Crippen molar-refractivity contribution < 1.29 is 14.3 Å². The second-order valence-corrected chi connectivity index (χ2v) is 7.95. The number of aromatic nitrogens is 2. The molecule has 0 spiro atoms. The molecule has 8 heteroatoms. The van der Waals surface area contributed by atoms with Crippen molar-refractivity contribution in [2.24, 2.45) is 0 Å². The predicted molar refractivity (Wildman–Crippen MR) is 105 cm³/mol. The number of nitrogens with one attached hydrogen (secondary N) is 1. The fourth-order valence-corrected chi connectivity index (χ4v) is 3.74. The van der Waals surface area contributed by atoms with Gasteiger partial charge in [-0.2, -0.15) is 5.10 Å². The molecule has 6 nitrogen and oxygen atoms in total. The van der Waals surface area contributed by atoms with Gasteiger partial charge in [0.1, 0.15) is 0 Å². The number of carbonyl (C=O) groups excluding carboxylic acids is 1. The van der Waals surface area contributed by atoms with Gasteiger partial charge in [0.15, 0.2) is 11.5 Å². The molecule has 0 atom stereocenters. The lowest BCUT2D eigenvalue weighted by Gasteiger charge is -2.09. The normalized spacial score (nSPS) is 10.6. The summed E-state index contributed by atoms with van der Waals surface area (Å²) in [4.78, 5) is 12.8. The number of hydrogen-bond donors (Lipinski definition) is 1. The molecular formula is C18H18BrN3O3S. The maximum atomic E-state index is 12.2. The van der Waals surface area contributed by atoms with Crippen LogP contribution < -0.4 is 14.8 Å². The van der Waals surface area contributed by atoms with Gasteiger partial charge in [-0.05, 0) is 52.2 Å². The molecule has 0 bridgehead atoms. The number of amides is 1. The third-order valence-corrected chi connectivity index (χ3v) is 5.39. The molecule has 1 amide bonds. The van der Waals surface area contributed by atoms with Crippen LogP contribution in [0.25, 0.3) is 0 Å². The van der Waals surface area contributed by atoms with E-state index in [2.05, 4.69) is 26.3 Å². The first-order chi connectivity index (χ1) is 12.6. The van der Waals surface area contributed by atoms with E-state index in [-0.39, 0.29) is 5.91 Å². The third-order valence-electron chi connectivity index (χ3n) is 3.77. The number of carbonyl (C=O) groups is 1. The fraction of sp³-hybridized carbons (Fsp3) is 0.222. The van der Waals surface area contributed by atoms with Crippen LogP contribution in [-0.4, -0.2) is 29.9 Å². The van der Waals surface area contributed by atoms with Gasteiger partial charge in [-0.25, -0.2) is 0 Å². The minimum atomic E-state index is -0.139. The minimum Gasteiger partial charge on any atom is -0.493 e. The lowest BCUT2D eigenvalue weighted by atomic mass is 10.1. The molecule has 0 aliphatic rings. The Hall–Kier alpha value is -2.32. The number of aryl methyl sites for hydroxylation is 2. The summed E-state index contributed by atoms with van der Waals surface area (Å²) < 4.78 is 13.3. The summed E-state index contributed by atoms with van der Waals surface area (Å²) in [6.07, 6.45) is 4.25. The molecule has 1 aromatic carbocycles. The number of methoxy groups -OCH3 is 2. The van der Waals surface area contributed by atoms with Crippen LogP contribution in [0.2, 0.25) is 0 Å². The summed E-state index contributed by atoms with van der Waals surface area (Å²) in [5, 5.41) is 7.15. The highest BCUT2D eigenvalue weighted by Crippen LogP contribution is 2.28. The number of ether oxygens (including phenoxy) is 2. The van der Waals surface area contributed by atoms with Crippen LogP contribution in [0.3, 0.4) is 0 Å². The van der Waals surface area contributed by atoms with Crippen LogP contribution in [0, 0.1) is 0 Å². The maximum absolute atomic E-state index is 12.2. The van der Waals surface area contributed by atoms with Crippen molar-refractivity contribution in [1.82, 2.24) is 9.78 Å². The first-order valence-corrected chi connectivity index (χ1v) is 9.50. The Balaban J connectivity index is 1.59. The fourth-order valence-electron chi connectivity index (χ4n) is 2.46. The molecule has 2 aromatic heterocycles. The van der Waals surface area contributed by atoms with E-state index < -0.39 is 0 Å². The van der Waals surface area contributed by atoms with Crippen molar-refractivity contribution in [3.63, 3.8) is 0 Å². The minimum absolute atomic E-state index is 0.139. The van der Waals surface area contributed by atoms with Gasteiger partial charge in [-0.3, -0.25) is 9.48 Å². The quantitative estimate of drug-likeness (QED) is 0.603. The Morgan fingerprint density at radius 2 is 2.04 bits per heavy atom. The molecule has 3 aromatic rings. The van der Waals surface area contributed by atoms with E-state index in [0.717, 1.165) is 15.8 Å². The third kappa shape index (κ3) is 4.44. The Labute approximate surface area is 163 Å². The summed E-state index contributed by atoms with van der Waals surface area (Å²) in [6.45, 7) is 0.690. The molecule has 0 radical (unpaired) electrons. The van der Waals surface area contributed by atoms with E-state index in [4.69, 9.17) is 9.47 Å². The molecule has 0 saturated carbocycles. The van der Waals surface area contributed by atoms with E-state index in [1.54, 1.807) is 31.2 Å². The second-order valence-electron chi connectivity index (χ2n) is 5.49. The van der Waals surface area contributed by atoms with Gasteiger partial charge in [-0.15, -0.1) is 11.3 Å². The highest BCUT2D eigenvalue weighted by molar-refractivity contribution is 9.11. The van der Waals surface area contributed by atoms with Crippen molar-refractivity contribution in [3.05, 3.63) is 57.0 Å². The number of benzene rings is 1. The lowest BCUT2D eigenvalue weighted by Crippen LogP contribution is -2.09. The van der Waals surface area contributed by atoms with Gasteiger partial charge in [0, 0.05) is 12.7 Å². The van der Waals surface area contributed by atoms with Crippen LogP contribution in [0.15, 0.2) is 46.5 Å². The van der Waals surface area contributed by atoms with Crippen molar-refractivity contribution >= 4 is 38.9 Å². The van der Waals surface area contributed by atoms with Gasteiger partial charge in [0.05, 0.1) is 34.8 Å². The molecule has 0 unspecified atom stereocenters. The Morgan fingerprint density at radius 1 is 1.23 bits per heavy atom. The first-order valence-electron chi connectivity index (χ1n) is 7.89. The smallest absolute Gasteiger partial charge is 0.265 e. The average Bonchev–Trinajstić information content (AvgIpc) is 3.28. The zero-order valence-electron chi connectivity index (χ0n) is 14.4.